The van der Waals surface area contributed by atoms with Gasteiger partial charge in [-0.2, -0.15) is 0 Å². The molecule has 6 nitrogen and oxygen atoms in total. The van der Waals surface area contributed by atoms with Gasteiger partial charge in [0.1, 0.15) is 11.3 Å². The highest BCUT2D eigenvalue weighted by Gasteiger charge is 2.24. The number of H-pyrrole nitrogens is 1. The summed E-state index contributed by atoms with van der Waals surface area (Å²) >= 11 is 0. The van der Waals surface area contributed by atoms with Gasteiger partial charge in [0, 0.05) is 35.9 Å². The summed E-state index contributed by atoms with van der Waals surface area (Å²) in [5.41, 5.74) is 4.87. The van der Waals surface area contributed by atoms with E-state index in [2.05, 4.69) is 33.2 Å². The molecule has 4 aromatic rings. The Labute approximate surface area is 174 Å². The van der Waals surface area contributed by atoms with Crippen molar-refractivity contribution in [3.8, 4) is 22.5 Å². The number of benzene rings is 1. The van der Waals surface area contributed by atoms with Gasteiger partial charge in [0.25, 0.3) is 5.91 Å². The lowest BCUT2D eigenvalue weighted by atomic mass is 10.1. The minimum absolute atomic E-state index is 0.141. The van der Waals surface area contributed by atoms with Crippen LogP contribution in [0.3, 0.4) is 0 Å². The van der Waals surface area contributed by atoms with Gasteiger partial charge in [-0.25, -0.2) is 9.97 Å². The number of likely N-dealkylation sites (tertiary alicyclic amines) is 1. The van der Waals surface area contributed by atoms with Gasteiger partial charge in [-0.1, -0.05) is 36.4 Å². The number of β-amino-alcohol motifs (C(OH)–C–C–N with tert-alkyl or cyclic N) is 1. The molecule has 30 heavy (non-hydrogen) atoms. The van der Waals surface area contributed by atoms with Gasteiger partial charge in [0.15, 0.2) is 0 Å². The molecule has 1 amide bonds. The molecular weight excluding hydrogens is 376 g/mol. The van der Waals surface area contributed by atoms with Crippen LogP contribution in [0, 0.1) is 0 Å². The summed E-state index contributed by atoms with van der Waals surface area (Å²) in [5.74, 6) is -0.141. The van der Waals surface area contributed by atoms with Crippen molar-refractivity contribution < 1.29 is 9.90 Å². The minimum atomic E-state index is -0.454. The predicted molar refractivity (Wildman–Crippen MR) is 116 cm³/mol. The number of hydrogen-bond donors (Lipinski definition) is 2. The molecule has 0 aliphatic carbocycles. The maximum atomic E-state index is 12.8. The third-order valence-electron chi connectivity index (χ3n) is 5.50. The van der Waals surface area contributed by atoms with Crippen LogP contribution in [0.2, 0.25) is 0 Å². The lowest BCUT2D eigenvalue weighted by Gasteiger charge is -2.29. The number of aliphatic hydroxyl groups is 1. The summed E-state index contributed by atoms with van der Waals surface area (Å²) in [7, 11) is 0. The third kappa shape index (κ3) is 3.57. The number of hydrogen-bond acceptors (Lipinski definition) is 4. The monoisotopic (exact) mass is 398 g/mol. The summed E-state index contributed by atoms with van der Waals surface area (Å²) in [4.78, 5) is 27.0. The number of piperidine rings is 1. The second-order valence-corrected chi connectivity index (χ2v) is 7.67. The average molecular weight is 398 g/mol. The second-order valence-electron chi connectivity index (χ2n) is 7.67. The molecule has 1 unspecified atom stereocenters. The molecule has 0 spiro atoms. The van der Waals surface area contributed by atoms with Crippen LogP contribution in [0.5, 0.6) is 0 Å². The van der Waals surface area contributed by atoms with Crippen molar-refractivity contribution in [3.05, 3.63) is 72.6 Å². The van der Waals surface area contributed by atoms with Gasteiger partial charge in [0.05, 0.1) is 11.8 Å². The smallest absolute Gasteiger partial charge is 0.272 e. The van der Waals surface area contributed by atoms with Gasteiger partial charge >= 0.3 is 0 Å². The van der Waals surface area contributed by atoms with Crippen LogP contribution < -0.4 is 0 Å². The van der Waals surface area contributed by atoms with Crippen LogP contribution in [0.15, 0.2) is 66.9 Å². The Bertz CT molecular complexity index is 1200. The summed E-state index contributed by atoms with van der Waals surface area (Å²) in [6.07, 6.45) is 2.87. The topological polar surface area (TPSA) is 82.1 Å². The maximum absolute atomic E-state index is 12.8. The lowest BCUT2D eigenvalue weighted by molar-refractivity contribution is 0.0469. The van der Waals surface area contributed by atoms with Crippen molar-refractivity contribution in [2.75, 3.05) is 13.1 Å². The van der Waals surface area contributed by atoms with E-state index in [1.54, 1.807) is 17.2 Å². The fourth-order valence-electron chi connectivity index (χ4n) is 3.94. The van der Waals surface area contributed by atoms with Gasteiger partial charge in [-0.05, 0) is 42.7 Å². The molecule has 5 rings (SSSR count). The molecule has 0 saturated carbocycles. The quantitative estimate of drug-likeness (QED) is 0.549. The maximum Gasteiger partial charge on any atom is 0.272 e. The van der Waals surface area contributed by atoms with Gasteiger partial charge in [-0.3, -0.25) is 4.79 Å². The van der Waals surface area contributed by atoms with Gasteiger partial charge < -0.3 is 15.0 Å². The van der Waals surface area contributed by atoms with Crippen molar-refractivity contribution in [1.82, 2.24) is 19.9 Å². The van der Waals surface area contributed by atoms with E-state index in [4.69, 9.17) is 0 Å². The number of carbonyl (C=O) groups excluding carboxylic acids is 1. The molecule has 6 heteroatoms. The van der Waals surface area contributed by atoms with E-state index in [9.17, 15) is 9.90 Å². The van der Waals surface area contributed by atoms with Crippen molar-refractivity contribution in [2.24, 2.45) is 0 Å². The average Bonchev–Trinajstić information content (AvgIpc) is 3.23. The van der Waals surface area contributed by atoms with Crippen molar-refractivity contribution >= 4 is 16.9 Å². The van der Waals surface area contributed by atoms with Crippen LogP contribution in [0.25, 0.3) is 33.5 Å². The molecule has 1 aliphatic heterocycles. The third-order valence-corrected chi connectivity index (χ3v) is 5.50. The second kappa shape index (κ2) is 7.72. The molecule has 1 atom stereocenters. The normalized spacial score (nSPS) is 16.7. The van der Waals surface area contributed by atoms with E-state index in [1.807, 2.05) is 36.4 Å². The molecule has 0 radical (unpaired) electrons. The SMILES string of the molecule is O=C(c1cccc(-c2cnc3[nH]c(-c4ccccc4)cc3c2)n1)N1CCCC(O)C1. The summed E-state index contributed by atoms with van der Waals surface area (Å²) in [5, 5.41) is 10.9. The van der Waals surface area contributed by atoms with E-state index < -0.39 is 6.10 Å². The first-order valence-corrected chi connectivity index (χ1v) is 10.2. The van der Waals surface area contributed by atoms with E-state index in [-0.39, 0.29) is 5.91 Å². The molecule has 3 aromatic heterocycles. The molecule has 1 fully saturated rings. The highest BCUT2D eigenvalue weighted by Crippen LogP contribution is 2.26. The predicted octanol–water partition coefficient (Wildman–Crippen LogP) is 3.89. The Morgan fingerprint density at radius 1 is 1.07 bits per heavy atom. The molecule has 1 aliphatic rings. The first kappa shape index (κ1) is 18.5. The number of nitrogens with one attached hydrogen (secondary N) is 1. The zero-order valence-electron chi connectivity index (χ0n) is 16.5. The van der Waals surface area contributed by atoms with Crippen LogP contribution in [-0.4, -0.2) is 50.1 Å². The Balaban J connectivity index is 1.45. The van der Waals surface area contributed by atoms with E-state index in [0.717, 1.165) is 40.7 Å². The van der Waals surface area contributed by atoms with Crippen LogP contribution >= 0.6 is 0 Å². The number of amides is 1. The summed E-state index contributed by atoms with van der Waals surface area (Å²) in [6.45, 7) is 1.02. The fourth-order valence-corrected chi connectivity index (χ4v) is 3.94. The molecule has 2 N–H and O–H groups in total. The number of rotatable bonds is 3. The Hall–Kier alpha value is -3.51. The number of nitrogens with zero attached hydrogens (tertiary/aromatic N) is 3. The molecule has 4 heterocycles. The Kier molecular flexibility index (Phi) is 4.77. The standard InChI is InChI=1S/C24H22N4O2/c29-19-8-5-11-28(15-19)24(30)21-10-4-9-20(26-21)18-12-17-13-22(27-23(17)25-14-18)16-6-2-1-3-7-16/h1-4,6-7,9-10,12-14,19,29H,5,8,11,15H2,(H,25,27). The lowest BCUT2D eigenvalue weighted by Crippen LogP contribution is -2.42. The number of aromatic amines is 1. The number of pyridine rings is 2. The first-order valence-electron chi connectivity index (χ1n) is 10.2. The molecule has 1 aromatic carbocycles. The van der Waals surface area contributed by atoms with E-state index in [1.165, 1.54) is 0 Å². The van der Waals surface area contributed by atoms with Gasteiger partial charge in [-0.15, -0.1) is 0 Å². The minimum Gasteiger partial charge on any atom is -0.391 e. The van der Waals surface area contributed by atoms with Crippen LogP contribution in [0.4, 0.5) is 0 Å². The first-order chi connectivity index (χ1) is 14.7. The van der Waals surface area contributed by atoms with E-state index in [0.29, 0.717) is 24.5 Å². The number of aromatic nitrogens is 3. The summed E-state index contributed by atoms with van der Waals surface area (Å²) in [6, 6.07) is 19.7. The van der Waals surface area contributed by atoms with Crippen LogP contribution in [-0.2, 0) is 0 Å². The largest absolute Gasteiger partial charge is 0.391 e. The fraction of sp³-hybridized carbons (Fsp3) is 0.208. The Morgan fingerprint density at radius 3 is 2.77 bits per heavy atom. The molecule has 0 bridgehead atoms. The highest BCUT2D eigenvalue weighted by atomic mass is 16.3. The van der Waals surface area contributed by atoms with Gasteiger partial charge in [0.2, 0.25) is 0 Å². The van der Waals surface area contributed by atoms with Crippen LogP contribution in [0.1, 0.15) is 23.3 Å². The van der Waals surface area contributed by atoms with Crippen molar-refractivity contribution in [3.63, 3.8) is 0 Å². The number of fused-ring (bicyclic) bond motifs is 1. The zero-order chi connectivity index (χ0) is 20.5. The molecule has 1 saturated heterocycles. The number of aliphatic hydroxyl groups excluding tert-OH is 1. The van der Waals surface area contributed by atoms with Crippen molar-refractivity contribution in [1.29, 1.82) is 0 Å². The highest BCUT2D eigenvalue weighted by molar-refractivity contribution is 5.93. The zero-order valence-corrected chi connectivity index (χ0v) is 16.5. The molecule has 150 valence electrons. The Morgan fingerprint density at radius 2 is 1.93 bits per heavy atom. The van der Waals surface area contributed by atoms with E-state index >= 15 is 0 Å². The molecular formula is C24H22N4O2. The summed E-state index contributed by atoms with van der Waals surface area (Å²) < 4.78 is 0. The van der Waals surface area contributed by atoms with Crippen molar-refractivity contribution in [2.45, 2.75) is 18.9 Å². The number of carbonyl (C=O) groups is 1.